The van der Waals surface area contributed by atoms with E-state index < -0.39 is 21.8 Å². The molecule has 0 saturated carbocycles. The average Bonchev–Trinajstić information content (AvgIpc) is 3.05. The van der Waals surface area contributed by atoms with Gasteiger partial charge in [0.05, 0.1) is 58.7 Å². The lowest BCUT2D eigenvalue weighted by Crippen LogP contribution is -2.06. The molecule has 0 amide bonds. The molecule has 17 heteroatoms. The number of aromatic nitrogens is 3. The van der Waals surface area contributed by atoms with E-state index in [1.807, 2.05) is 12.1 Å². The zero-order valence-corrected chi connectivity index (χ0v) is 22.7. The highest BCUT2D eigenvalue weighted by Gasteiger charge is 2.21. The summed E-state index contributed by atoms with van der Waals surface area (Å²) in [6, 6.07) is 15.3. The van der Waals surface area contributed by atoms with Gasteiger partial charge in [0.25, 0.3) is 0 Å². The Bertz CT molecular complexity index is 1670. The van der Waals surface area contributed by atoms with E-state index in [9.17, 15) is 29.8 Å². The van der Waals surface area contributed by atoms with Crippen molar-refractivity contribution in [2.75, 3.05) is 24.9 Å². The number of esters is 2. The number of rotatable bonds is 8. The molecule has 1 aromatic carbocycles. The molecule has 4 rings (SSSR count). The zero-order valence-electron chi connectivity index (χ0n) is 22.7. The SMILES string of the molecule is COC(=O)c1cnc(Nc2ccc(C#N)cc2)c([N+](=O)[O-])c1.COC(=O)c1cnc(Nc2ccc(C#N)nc2)c([N+](=O)[O-])c1. The van der Waals surface area contributed by atoms with Crippen LogP contribution in [0.25, 0.3) is 0 Å². The number of carbonyl (C=O) groups is 2. The Morgan fingerprint density at radius 3 is 1.59 bits per heavy atom. The summed E-state index contributed by atoms with van der Waals surface area (Å²) in [5.41, 5.74) is 0.848. The molecule has 0 spiro atoms. The molecule has 0 fully saturated rings. The van der Waals surface area contributed by atoms with Crippen molar-refractivity contribution in [3.8, 4) is 12.1 Å². The number of nitrogens with one attached hydrogen (secondary N) is 2. The standard InChI is InChI=1S/C14H10N4O4.C13H9N5O4/c1-22-14(19)10-6-12(18(20)21)13(16-8-10)17-11-4-2-9(7-15)3-5-11;1-22-13(19)8-4-11(18(20)21)12(16-6-8)17-10-3-2-9(5-14)15-7-10/h2-6,8H,1H3,(H,16,17);2-4,6-7H,1H3,(H,16,17). The Morgan fingerprint density at radius 2 is 1.20 bits per heavy atom. The minimum Gasteiger partial charge on any atom is -0.465 e. The van der Waals surface area contributed by atoms with Crippen molar-refractivity contribution in [3.05, 3.63) is 110 Å². The first-order chi connectivity index (χ1) is 21.1. The van der Waals surface area contributed by atoms with Crippen LogP contribution in [0, 0.1) is 42.9 Å². The van der Waals surface area contributed by atoms with Crippen LogP contribution in [-0.2, 0) is 9.47 Å². The molecule has 0 radical (unpaired) electrons. The Hall–Kier alpha value is -7.01. The van der Waals surface area contributed by atoms with Crippen LogP contribution in [0.3, 0.4) is 0 Å². The number of nitro groups is 2. The van der Waals surface area contributed by atoms with E-state index in [1.54, 1.807) is 24.3 Å². The number of nitrogens with zero attached hydrogens (tertiary/aromatic N) is 7. The van der Waals surface area contributed by atoms with E-state index in [1.165, 1.54) is 38.7 Å². The predicted octanol–water partition coefficient (Wildman–Crippen LogP) is 4.18. The molecular weight excluding hydrogens is 578 g/mol. The molecule has 0 aliphatic rings. The number of hydrogen-bond donors (Lipinski definition) is 2. The van der Waals surface area contributed by atoms with Crippen molar-refractivity contribution in [2.24, 2.45) is 0 Å². The monoisotopic (exact) mass is 597 g/mol. The molecule has 17 nitrogen and oxygen atoms in total. The second-order valence-electron chi connectivity index (χ2n) is 8.16. The fourth-order valence-electron chi connectivity index (χ4n) is 3.27. The van der Waals surface area contributed by atoms with E-state index in [2.05, 4.69) is 35.1 Å². The molecule has 0 atom stereocenters. The van der Waals surface area contributed by atoms with Gasteiger partial charge in [-0.25, -0.2) is 24.5 Å². The lowest BCUT2D eigenvalue weighted by atomic mass is 10.2. The van der Waals surface area contributed by atoms with Gasteiger partial charge in [-0.1, -0.05) is 0 Å². The summed E-state index contributed by atoms with van der Waals surface area (Å²) in [6.45, 7) is 0. The van der Waals surface area contributed by atoms with Crippen LogP contribution in [-0.4, -0.2) is 51.0 Å². The topological polar surface area (TPSA) is 249 Å². The maximum absolute atomic E-state index is 11.4. The largest absolute Gasteiger partial charge is 0.465 e. The molecule has 3 aromatic heterocycles. The number of anilines is 4. The molecule has 2 N–H and O–H groups in total. The first kappa shape index (κ1) is 31.5. The highest BCUT2D eigenvalue weighted by atomic mass is 16.6. The van der Waals surface area contributed by atoms with Crippen molar-refractivity contribution < 1.29 is 28.9 Å². The summed E-state index contributed by atoms with van der Waals surface area (Å²) in [6.07, 6.45) is 3.70. The summed E-state index contributed by atoms with van der Waals surface area (Å²) in [7, 11) is 2.35. The van der Waals surface area contributed by atoms with E-state index >= 15 is 0 Å². The first-order valence-corrected chi connectivity index (χ1v) is 12.0. The molecule has 0 bridgehead atoms. The van der Waals surface area contributed by atoms with E-state index in [-0.39, 0.29) is 39.8 Å². The second kappa shape index (κ2) is 14.6. The summed E-state index contributed by atoms with van der Waals surface area (Å²) < 4.78 is 8.99. The van der Waals surface area contributed by atoms with Crippen LogP contribution < -0.4 is 10.6 Å². The van der Waals surface area contributed by atoms with Crippen molar-refractivity contribution >= 4 is 46.3 Å². The molecule has 3 heterocycles. The van der Waals surface area contributed by atoms with Crippen LogP contribution in [0.2, 0.25) is 0 Å². The number of pyridine rings is 3. The molecule has 0 saturated heterocycles. The van der Waals surface area contributed by atoms with Gasteiger partial charge in [-0.3, -0.25) is 20.2 Å². The normalized spacial score (nSPS) is 9.64. The lowest BCUT2D eigenvalue weighted by Gasteiger charge is -2.07. The van der Waals surface area contributed by atoms with E-state index in [0.717, 1.165) is 18.3 Å². The molecule has 0 aliphatic heterocycles. The Morgan fingerprint density at radius 1 is 0.727 bits per heavy atom. The molecule has 0 unspecified atom stereocenters. The Labute approximate surface area is 247 Å². The summed E-state index contributed by atoms with van der Waals surface area (Å²) in [5.74, 6) is -1.49. The van der Waals surface area contributed by atoms with Gasteiger partial charge in [-0.2, -0.15) is 10.5 Å². The summed E-state index contributed by atoms with van der Waals surface area (Å²) >= 11 is 0. The maximum atomic E-state index is 11.4. The number of benzene rings is 1. The Kier molecular flexibility index (Phi) is 10.4. The van der Waals surface area contributed by atoms with Crippen LogP contribution in [0.1, 0.15) is 32.0 Å². The maximum Gasteiger partial charge on any atom is 0.339 e. The van der Waals surface area contributed by atoms with Gasteiger partial charge in [0.1, 0.15) is 11.8 Å². The smallest absolute Gasteiger partial charge is 0.339 e. The highest BCUT2D eigenvalue weighted by molar-refractivity contribution is 5.91. The van der Waals surface area contributed by atoms with Gasteiger partial charge in [-0.05, 0) is 36.4 Å². The number of nitriles is 2. The predicted molar refractivity (Wildman–Crippen MR) is 151 cm³/mol. The fraction of sp³-hybridized carbons (Fsp3) is 0.0741. The van der Waals surface area contributed by atoms with E-state index in [0.29, 0.717) is 16.9 Å². The quantitative estimate of drug-likeness (QED) is 0.164. The Balaban J connectivity index is 0.000000240. The third-order valence-corrected chi connectivity index (χ3v) is 5.39. The van der Waals surface area contributed by atoms with Crippen LogP contribution in [0.15, 0.2) is 67.1 Å². The molecule has 220 valence electrons. The van der Waals surface area contributed by atoms with E-state index in [4.69, 9.17) is 10.5 Å². The number of methoxy groups -OCH3 is 2. The van der Waals surface area contributed by atoms with Crippen molar-refractivity contribution in [3.63, 3.8) is 0 Å². The summed E-state index contributed by atoms with van der Waals surface area (Å²) in [5, 5.41) is 45.1. The van der Waals surface area contributed by atoms with Crippen molar-refractivity contribution in [1.29, 1.82) is 10.5 Å². The van der Waals surface area contributed by atoms with Crippen LogP contribution in [0.5, 0.6) is 0 Å². The third kappa shape index (κ3) is 8.02. The molecule has 0 aliphatic carbocycles. The van der Waals surface area contributed by atoms with Gasteiger partial charge in [0.15, 0.2) is 0 Å². The second-order valence-corrected chi connectivity index (χ2v) is 8.16. The van der Waals surface area contributed by atoms with Crippen molar-refractivity contribution in [2.45, 2.75) is 0 Å². The van der Waals surface area contributed by atoms with Gasteiger partial charge in [0.2, 0.25) is 11.6 Å². The zero-order chi connectivity index (χ0) is 32.2. The van der Waals surface area contributed by atoms with Crippen LogP contribution in [0.4, 0.5) is 34.4 Å². The van der Waals surface area contributed by atoms with Gasteiger partial charge in [-0.15, -0.1) is 0 Å². The minimum atomic E-state index is -0.720. The number of hydrogen-bond acceptors (Lipinski definition) is 15. The van der Waals surface area contributed by atoms with Gasteiger partial charge >= 0.3 is 23.3 Å². The van der Waals surface area contributed by atoms with Crippen molar-refractivity contribution in [1.82, 2.24) is 15.0 Å². The van der Waals surface area contributed by atoms with Gasteiger partial charge in [0, 0.05) is 30.2 Å². The third-order valence-electron chi connectivity index (χ3n) is 5.39. The highest BCUT2D eigenvalue weighted by Crippen LogP contribution is 2.27. The molecule has 44 heavy (non-hydrogen) atoms. The summed E-state index contributed by atoms with van der Waals surface area (Å²) in [4.78, 5) is 55.2. The number of ether oxygens (including phenoxy) is 2. The molecular formula is C27H19N9O8. The minimum absolute atomic E-state index is 0.0117. The van der Waals surface area contributed by atoms with Crippen LogP contribution >= 0.6 is 0 Å². The number of carbonyl (C=O) groups excluding carboxylic acids is 2. The lowest BCUT2D eigenvalue weighted by molar-refractivity contribution is -0.384. The first-order valence-electron chi connectivity index (χ1n) is 12.0. The molecule has 4 aromatic rings. The average molecular weight is 598 g/mol. The fourth-order valence-corrected chi connectivity index (χ4v) is 3.27. The van der Waals surface area contributed by atoms with Gasteiger partial charge < -0.3 is 20.1 Å².